The van der Waals surface area contributed by atoms with Crippen LogP contribution in [0.3, 0.4) is 0 Å². The average Bonchev–Trinajstić information content (AvgIpc) is 3.01. The Hall–Kier alpha value is -2.82. The van der Waals surface area contributed by atoms with Crippen LogP contribution in [0.1, 0.15) is 28.8 Å². The van der Waals surface area contributed by atoms with Gasteiger partial charge in [-0.25, -0.2) is 0 Å². The summed E-state index contributed by atoms with van der Waals surface area (Å²) < 4.78 is 5.26. The summed E-state index contributed by atoms with van der Waals surface area (Å²) in [5, 5.41) is 2.88. The van der Waals surface area contributed by atoms with Gasteiger partial charge in [0.25, 0.3) is 5.91 Å². The van der Waals surface area contributed by atoms with Gasteiger partial charge in [-0.3, -0.25) is 9.59 Å². The van der Waals surface area contributed by atoms with E-state index in [0.717, 1.165) is 24.2 Å². The van der Waals surface area contributed by atoms with Crippen molar-refractivity contribution in [1.29, 1.82) is 0 Å². The van der Waals surface area contributed by atoms with Gasteiger partial charge in [0.2, 0.25) is 5.91 Å². The molecule has 1 aliphatic rings. The van der Waals surface area contributed by atoms with Crippen LogP contribution in [0.2, 0.25) is 0 Å². The highest BCUT2D eigenvalue weighted by molar-refractivity contribution is 6.05. The number of anilines is 2. The fourth-order valence-electron chi connectivity index (χ4n) is 2.84. The van der Waals surface area contributed by atoms with E-state index in [-0.39, 0.29) is 11.8 Å². The first-order chi connectivity index (χ1) is 11.6. The van der Waals surface area contributed by atoms with Crippen molar-refractivity contribution in [2.45, 2.75) is 19.8 Å². The first kappa shape index (κ1) is 16.1. The van der Waals surface area contributed by atoms with Crippen molar-refractivity contribution in [2.24, 2.45) is 0 Å². The molecule has 1 saturated heterocycles. The summed E-state index contributed by atoms with van der Waals surface area (Å²) >= 11 is 0. The fourth-order valence-corrected chi connectivity index (χ4v) is 2.84. The molecular weight excluding hydrogens is 304 g/mol. The molecule has 0 aliphatic carbocycles. The summed E-state index contributed by atoms with van der Waals surface area (Å²) in [6, 6.07) is 12.7. The molecule has 0 radical (unpaired) electrons. The lowest BCUT2D eigenvalue weighted by Crippen LogP contribution is -2.23. The van der Waals surface area contributed by atoms with Gasteiger partial charge in [-0.05, 0) is 49.2 Å². The van der Waals surface area contributed by atoms with E-state index in [2.05, 4.69) is 5.32 Å². The molecule has 0 spiro atoms. The second-order valence-electron chi connectivity index (χ2n) is 5.84. The van der Waals surface area contributed by atoms with Crippen LogP contribution in [-0.4, -0.2) is 25.5 Å². The number of amides is 2. The SMILES string of the molecule is COc1cc(C(=O)Nc2cccc(N3CCCC3=O)c2)ccc1C. The Kier molecular flexibility index (Phi) is 4.51. The largest absolute Gasteiger partial charge is 0.496 e. The van der Waals surface area contributed by atoms with Crippen LogP contribution in [0.15, 0.2) is 42.5 Å². The van der Waals surface area contributed by atoms with E-state index in [1.807, 2.05) is 37.3 Å². The second kappa shape index (κ2) is 6.74. The molecule has 2 aromatic rings. The third-order valence-corrected chi connectivity index (χ3v) is 4.16. The summed E-state index contributed by atoms with van der Waals surface area (Å²) in [6.45, 7) is 2.66. The van der Waals surface area contributed by atoms with Crippen molar-refractivity contribution in [3.8, 4) is 5.75 Å². The van der Waals surface area contributed by atoms with Crippen LogP contribution in [-0.2, 0) is 4.79 Å². The maximum atomic E-state index is 12.4. The molecule has 0 saturated carbocycles. The quantitative estimate of drug-likeness (QED) is 0.938. The zero-order chi connectivity index (χ0) is 17.1. The molecule has 124 valence electrons. The minimum absolute atomic E-state index is 0.127. The van der Waals surface area contributed by atoms with E-state index < -0.39 is 0 Å². The molecule has 2 amide bonds. The molecule has 24 heavy (non-hydrogen) atoms. The Morgan fingerprint density at radius 1 is 1.21 bits per heavy atom. The Bertz CT molecular complexity index is 786. The highest BCUT2D eigenvalue weighted by Crippen LogP contribution is 2.25. The first-order valence-corrected chi connectivity index (χ1v) is 7.95. The van der Waals surface area contributed by atoms with Crippen LogP contribution < -0.4 is 15.0 Å². The second-order valence-corrected chi connectivity index (χ2v) is 5.84. The Balaban J connectivity index is 1.78. The maximum absolute atomic E-state index is 12.4. The Morgan fingerprint density at radius 3 is 2.75 bits per heavy atom. The van der Waals surface area contributed by atoms with Crippen LogP contribution in [0.25, 0.3) is 0 Å². The molecule has 1 aliphatic heterocycles. The summed E-state index contributed by atoms with van der Waals surface area (Å²) in [7, 11) is 1.58. The first-order valence-electron chi connectivity index (χ1n) is 7.95. The van der Waals surface area contributed by atoms with E-state index in [1.54, 1.807) is 24.1 Å². The standard InChI is InChI=1S/C19H20N2O3/c1-13-8-9-14(11-17(13)24-2)19(23)20-15-5-3-6-16(12-15)21-10-4-7-18(21)22/h3,5-6,8-9,11-12H,4,7,10H2,1-2H3,(H,20,23). The zero-order valence-corrected chi connectivity index (χ0v) is 13.8. The molecule has 5 heteroatoms. The number of rotatable bonds is 4. The number of nitrogens with one attached hydrogen (secondary N) is 1. The molecule has 0 aromatic heterocycles. The van der Waals surface area contributed by atoms with Gasteiger partial charge in [-0.15, -0.1) is 0 Å². The molecule has 1 N–H and O–H groups in total. The lowest BCUT2D eigenvalue weighted by molar-refractivity contribution is -0.117. The van der Waals surface area contributed by atoms with Crippen LogP contribution in [0, 0.1) is 6.92 Å². The van der Waals surface area contributed by atoms with Gasteiger partial charge in [0.05, 0.1) is 7.11 Å². The summed E-state index contributed by atoms with van der Waals surface area (Å²) in [5.41, 5.74) is 2.98. The molecule has 0 atom stereocenters. The van der Waals surface area contributed by atoms with Crippen LogP contribution in [0.5, 0.6) is 5.75 Å². The number of benzene rings is 2. The minimum atomic E-state index is -0.210. The lowest BCUT2D eigenvalue weighted by Gasteiger charge is -2.17. The van der Waals surface area contributed by atoms with Gasteiger partial charge < -0.3 is 15.0 Å². The molecule has 3 rings (SSSR count). The Morgan fingerprint density at radius 2 is 2.04 bits per heavy atom. The predicted octanol–water partition coefficient (Wildman–Crippen LogP) is 3.38. The van der Waals surface area contributed by atoms with Gasteiger partial charge in [0, 0.05) is 29.9 Å². The van der Waals surface area contributed by atoms with Crippen molar-refractivity contribution in [3.63, 3.8) is 0 Å². The van der Waals surface area contributed by atoms with E-state index in [0.29, 0.717) is 23.4 Å². The number of hydrogen-bond donors (Lipinski definition) is 1. The number of carbonyl (C=O) groups is 2. The summed E-state index contributed by atoms with van der Waals surface area (Å²) in [6.07, 6.45) is 1.46. The third kappa shape index (κ3) is 3.25. The normalized spacial score (nSPS) is 13.9. The number of ether oxygens (including phenoxy) is 1. The molecule has 2 aromatic carbocycles. The average molecular weight is 324 g/mol. The maximum Gasteiger partial charge on any atom is 0.255 e. The highest BCUT2D eigenvalue weighted by atomic mass is 16.5. The zero-order valence-electron chi connectivity index (χ0n) is 13.8. The minimum Gasteiger partial charge on any atom is -0.496 e. The van der Waals surface area contributed by atoms with Gasteiger partial charge in [-0.2, -0.15) is 0 Å². The van der Waals surface area contributed by atoms with E-state index in [1.165, 1.54) is 0 Å². The topological polar surface area (TPSA) is 58.6 Å². The van der Waals surface area contributed by atoms with Crippen molar-refractivity contribution in [3.05, 3.63) is 53.6 Å². The van der Waals surface area contributed by atoms with E-state index in [4.69, 9.17) is 4.74 Å². The molecular formula is C19H20N2O3. The third-order valence-electron chi connectivity index (χ3n) is 4.16. The van der Waals surface area contributed by atoms with Crippen molar-refractivity contribution >= 4 is 23.2 Å². The molecule has 0 bridgehead atoms. The molecule has 1 fully saturated rings. The fraction of sp³-hybridized carbons (Fsp3) is 0.263. The Labute approximate surface area is 141 Å². The number of carbonyl (C=O) groups excluding carboxylic acids is 2. The van der Waals surface area contributed by atoms with Crippen molar-refractivity contribution in [1.82, 2.24) is 0 Å². The van der Waals surface area contributed by atoms with Crippen LogP contribution in [0.4, 0.5) is 11.4 Å². The van der Waals surface area contributed by atoms with Gasteiger partial charge in [0.1, 0.15) is 5.75 Å². The number of hydrogen-bond acceptors (Lipinski definition) is 3. The number of methoxy groups -OCH3 is 1. The van der Waals surface area contributed by atoms with E-state index >= 15 is 0 Å². The number of nitrogens with zero attached hydrogens (tertiary/aromatic N) is 1. The molecule has 1 heterocycles. The van der Waals surface area contributed by atoms with Crippen molar-refractivity contribution < 1.29 is 14.3 Å². The lowest BCUT2D eigenvalue weighted by atomic mass is 10.1. The molecule has 0 unspecified atom stereocenters. The van der Waals surface area contributed by atoms with Gasteiger partial charge in [0.15, 0.2) is 0 Å². The van der Waals surface area contributed by atoms with Gasteiger partial charge in [-0.1, -0.05) is 12.1 Å². The molecule has 5 nitrogen and oxygen atoms in total. The van der Waals surface area contributed by atoms with Crippen molar-refractivity contribution in [2.75, 3.05) is 23.9 Å². The monoisotopic (exact) mass is 324 g/mol. The van der Waals surface area contributed by atoms with E-state index in [9.17, 15) is 9.59 Å². The predicted molar refractivity (Wildman–Crippen MR) is 93.7 cm³/mol. The smallest absolute Gasteiger partial charge is 0.255 e. The highest BCUT2D eigenvalue weighted by Gasteiger charge is 2.21. The van der Waals surface area contributed by atoms with Gasteiger partial charge >= 0.3 is 0 Å². The van der Waals surface area contributed by atoms with Crippen LogP contribution >= 0.6 is 0 Å². The number of aryl methyl sites for hydroxylation is 1. The summed E-state index contributed by atoms with van der Waals surface area (Å²) in [4.78, 5) is 26.1. The summed E-state index contributed by atoms with van der Waals surface area (Å²) in [5.74, 6) is 0.596.